The molecule has 2 heterocycles. The van der Waals surface area contributed by atoms with Gasteiger partial charge in [-0.25, -0.2) is 0 Å². The quantitative estimate of drug-likeness (QED) is 0.0223. The molecule has 2 aliphatic rings. The fourth-order valence-electron chi connectivity index (χ4n) is 10.3. The Balaban J connectivity index is 1.66. The van der Waals surface area contributed by atoms with Crippen molar-refractivity contribution in [3.05, 3.63) is 0 Å². The third-order valence-electron chi connectivity index (χ3n) is 15.4. The molecular weight excluding hydrogens is 945 g/mol. The van der Waals surface area contributed by atoms with Crippen LogP contribution in [0.5, 0.6) is 0 Å². The second-order valence-corrected chi connectivity index (χ2v) is 22.3. The number of hydrogen-bond donors (Lipinski definition) is 7. The molecule has 2 saturated heterocycles. The molecule has 0 bridgehead atoms. The Kier molecular flexibility index (Phi) is 44.8. The van der Waals surface area contributed by atoms with E-state index in [4.69, 9.17) is 28.4 Å². The zero-order valence-corrected chi connectivity index (χ0v) is 47.4. The van der Waals surface area contributed by atoms with Crippen molar-refractivity contribution in [2.75, 3.05) is 33.0 Å². The van der Waals surface area contributed by atoms with E-state index in [0.717, 1.165) is 44.9 Å². The number of aliphatic hydroxyl groups excluding tert-OH is 7. The Bertz CT molecular complexity index is 1230. The van der Waals surface area contributed by atoms with Crippen LogP contribution >= 0.6 is 0 Å². The van der Waals surface area contributed by atoms with Gasteiger partial charge in [0.15, 0.2) is 12.6 Å². The smallest absolute Gasteiger partial charge is 0.306 e. The fourth-order valence-corrected chi connectivity index (χ4v) is 10.3. The van der Waals surface area contributed by atoms with Crippen LogP contribution in [0, 0.1) is 0 Å². The Hall–Kier alpha value is -1.01. The topological polar surface area (TPSA) is 214 Å². The predicted molar refractivity (Wildman–Crippen MR) is 294 cm³/mol. The maximum atomic E-state index is 13.1. The van der Waals surface area contributed by atoms with Crippen LogP contribution < -0.4 is 0 Å². The van der Waals surface area contributed by atoms with Crippen LogP contribution in [0.4, 0.5) is 0 Å². The van der Waals surface area contributed by atoms with Gasteiger partial charge in [-0.2, -0.15) is 0 Å². The van der Waals surface area contributed by atoms with Crippen LogP contribution in [0.2, 0.25) is 0 Å². The van der Waals surface area contributed by atoms with E-state index in [0.29, 0.717) is 6.61 Å². The summed E-state index contributed by atoms with van der Waals surface area (Å²) in [5.74, 6) is -0.366. The van der Waals surface area contributed by atoms with Crippen molar-refractivity contribution in [2.45, 2.75) is 345 Å². The van der Waals surface area contributed by atoms with Crippen molar-refractivity contribution in [2.24, 2.45) is 0 Å². The summed E-state index contributed by atoms with van der Waals surface area (Å²) >= 11 is 0. The van der Waals surface area contributed by atoms with Crippen LogP contribution in [0.3, 0.4) is 0 Å². The Morgan fingerprint density at radius 2 is 0.716 bits per heavy atom. The molecule has 0 spiro atoms. The SMILES string of the molecule is CCCCCCCCCCCCCCCCCCCCCCCCCCC(=O)OC(COCCCCCCCCCCCCCCCCCC)COC1OC(COC2OC(CO)C(O)C(O)C2O)C(O)C(O)C1O. The molecule has 14 nitrogen and oxygen atoms in total. The number of unbranched alkanes of at least 4 members (excludes halogenated alkanes) is 38. The van der Waals surface area contributed by atoms with Gasteiger partial charge in [0.1, 0.15) is 54.9 Å². The maximum Gasteiger partial charge on any atom is 0.306 e. The summed E-state index contributed by atoms with van der Waals surface area (Å²) in [6, 6.07) is 0. The first-order valence-corrected chi connectivity index (χ1v) is 31.1. The first-order valence-electron chi connectivity index (χ1n) is 31.1. The van der Waals surface area contributed by atoms with Crippen LogP contribution in [0.25, 0.3) is 0 Å². The van der Waals surface area contributed by atoms with Gasteiger partial charge in [0.2, 0.25) is 0 Å². The van der Waals surface area contributed by atoms with Gasteiger partial charge in [-0.05, 0) is 12.8 Å². The van der Waals surface area contributed by atoms with Crippen molar-refractivity contribution >= 4 is 5.97 Å². The third kappa shape index (κ3) is 34.1. The van der Waals surface area contributed by atoms with Gasteiger partial charge < -0.3 is 64.2 Å². The van der Waals surface area contributed by atoms with Crippen molar-refractivity contribution in [3.8, 4) is 0 Å². The van der Waals surface area contributed by atoms with Gasteiger partial charge in [0.05, 0.1) is 26.4 Å². The molecule has 11 unspecified atom stereocenters. The summed E-state index contributed by atoms with van der Waals surface area (Å²) in [4.78, 5) is 13.1. The lowest BCUT2D eigenvalue weighted by atomic mass is 9.98. The molecular formula is C60H116O14. The first-order chi connectivity index (χ1) is 36.1. The summed E-state index contributed by atoms with van der Waals surface area (Å²) in [5.41, 5.74) is 0. The molecule has 2 aliphatic heterocycles. The van der Waals surface area contributed by atoms with Crippen molar-refractivity contribution in [1.82, 2.24) is 0 Å². The molecule has 11 atom stereocenters. The van der Waals surface area contributed by atoms with Crippen LogP contribution in [-0.2, 0) is 33.2 Å². The number of esters is 1. The average Bonchev–Trinajstić information content (AvgIpc) is 3.40. The third-order valence-corrected chi connectivity index (χ3v) is 15.4. The molecule has 74 heavy (non-hydrogen) atoms. The molecule has 0 aromatic heterocycles. The van der Waals surface area contributed by atoms with Gasteiger partial charge in [0, 0.05) is 13.0 Å². The Morgan fingerprint density at radius 1 is 0.392 bits per heavy atom. The van der Waals surface area contributed by atoms with E-state index >= 15 is 0 Å². The summed E-state index contributed by atoms with van der Waals surface area (Å²) in [6.07, 6.45) is 36.0. The largest absolute Gasteiger partial charge is 0.457 e. The lowest BCUT2D eigenvalue weighted by Gasteiger charge is -2.42. The van der Waals surface area contributed by atoms with Crippen molar-refractivity contribution in [3.63, 3.8) is 0 Å². The Labute approximate surface area is 451 Å². The minimum absolute atomic E-state index is 0.0710. The molecule has 7 N–H and O–H groups in total. The highest BCUT2D eigenvalue weighted by Gasteiger charge is 2.47. The van der Waals surface area contributed by atoms with Gasteiger partial charge in [-0.1, -0.05) is 258 Å². The molecule has 2 rings (SSSR count). The number of carbonyl (C=O) groups is 1. The van der Waals surface area contributed by atoms with E-state index in [9.17, 15) is 40.5 Å². The van der Waals surface area contributed by atoms with E-state index in [2.05, 4.69) is 13.8 Å². The molecule has 14 heteroatoms. The minimum atomic E-state index is -1.70. The highest BCUT2D eigenvalue weighted by atomic mass is 16.7. The fraction of sp³-hybridized carbons (Fsp3) is 0.983. The maximum absolute atomic E-state index is 13.1. The normalized spacial score (nSPS) is 24.7. The van der Waals surface area contributed by atoms with E-state index < -0.39 is 80.7 Å². The van der Waals surface area contributed by atoms with Gasteiger partial charge >= 0.3 is 5.97 Å². The van der Waals surface area contributed by atoms with Crippen molar-refractivity contribution < 1.29 is 69.0 Å². The standard InChI is InChI=1S/C60H116O14/c1-3-5-7-9-11-13-15-17-19-21-22-23-24-25-26-27-28-29-31-33-35-37-39-41-43-52(62)72-49(46-69-44-42-40-38-36-34-32-30-20-18-16-14-12-10-8-6-4-2)47-70-59-58(68)56(66)54(64)51(74-59)48-71-60-57(67)55(65)53(63)50(45-61)73-60/h49-51,53-61,63-68H,3-48H2,1-2H3. The molecule has 2 fully saturated rings. The second-order valence-electron chi connectivity index (χ2n) is 22.3. The lowest BCUT2D eigenvalue weighted by Crippen LogP contribution is -2.61. The summed E-state index contributed by atoms with van der Waals surface area (Å²) in [7, 11) is 0. The number of hydrogen-bond acceptors (Lipinski definition) is 14. The first kappa shape index (κ1) is 69.1. The second kappa shape index (κ2) is 47.9. The number of carbonyl (C=O) groups excluding carboxylic acids is 1. The molecule has 0 saturated carbocycles. The highest BCUT2D eigenvalue weighted by Crippen LogP contribution is 2.27. The highest BCUT2D eigenvalue weighted by molar-refractivity contribution is 5.69. The molecule has 0 radical (unpaired) electrons. The zero-order valence-electron chi connectivity index (χ0n) is 47.4. The lowest BCUT2D eigenvalue weighted by molar-refractivity contribution is -0.332. The molecule has 0 aromatic rings. The van der Waals surface area contributed by atoms with E-state index in [1.165, 1.54) is 212 Å². The van der Waals surface area contributed by atoms with E-state index in [1.54, 1.807) is 0 Å². The van der Waals surface area contributed by atoms with E-state index in [1.807, 2.05) is 0 Å². The summed E-state index contributed by atoms with van der Waals surface area (Å²) in [5, 5.41) is 72.4. The predicted octanol–water partition coefficient (Wildman–Crippen LogP) is 11.6. The van der Waals surface area contributed by atoms with Gasteiger partial charge in [0.25, 0.3) is 0 Å². The van der Waals surface area contributed by atoms with Crippen molar-refractivity contribution in [1.29, 1.82) is 0 Å². The van der Waals surface area contributed by atoms with Crippen LogP contribution in [-0.4, -0.2) is 142 Å². The van der Waals surface area contributed by atoms with Crippen LogP contribution in [0.1, 0.15) is 277 Å². The van der Waals surface area contributed by atoms with Gasteiger partial charge in [-0.15, -0.1) is 0 Å². The zero-order chi connectivity index (χ0) is 53.7. The molecule has 0 aromatic carbocycles. The molecule has 0 aliphatic carbocycles. The monoisotopic (exact) mass is 1060 g/mol. The minimum Gasteiger partial charge on any atom is -0.457 e. The molecule has 0 amide bonds. The number of aliphatic hydroxyl groups is 7. The van der Waals surface area contributed by atoms with E-state index in [-0.39, 0.29) is 25.6 Å². The number of rotatable bonds is 52. The summed E-state index contributed by atoms with van der Waals surface area (Å²) < 4.78 is 34.5. The number of ether oxygens (including phenoxy) is 6. The Morgan fingerprint density at radius 3 is 1.09 bits per heavy atom. The molecule has 440 valence electrons. The summed E-state index contributed by atoms with van der Waals surface area (Å²) in [6.45, 7) is 3.77. The average molecular weight is 1060 g/mol. The van der Waals surface area contributed by atoms with Gasteiger partial charge in [-0.3, -0.25) is 4.79 Å². The van der Waals surface area contributed by atoms with Crippen LogP contribution in [0.15, 0.2) is 0 Å².